The van der Waals surface area contributed by atoms with Crippen molar-refractivity contribution in [2.45, 2.75) is 44.1 Å². The summed E-state index contributed by atoms with van der Waals surface area (Å²) >= 11 is 7.40. The summed E-state index contributed by atoms with van der Waals surface area (Å²) in [5.41, 5.74) is 1.27. The molecule has 0 unspecified atom stereocenters. The second-order valence-corrected chi connectivity index (χ2v) is 11.7. The summed E-state index contributed by atoms with van der Waals surface area (Å²) in [6, 6.07) is 7.52. The number of nitrogens with one attached hydrogen (secondary N) is 1. The molecule has 0 radical (unpaired) electrons. The largest absolute Gasteiger partial charge is 0.301 e. The topological polar surface area (TPSA) is 82.6 Å². The van der Waals surface area contributed by atoms with Crippen LogP contribution >= 0.6 is 22.9 Å². The maximum atomic E-state index is 13.4. The number of amides is 1. The molecule has 1 aromatic heterocycles. The SMILES string of the molecule is CN(C)S(=O)(=O)N1CCc2nc(NC(=O)C3(c4ccc(Cl)cc4)CCCC3)sc2C1. The van der Waals surface area contributed by atoms with E-state index in [9.17, 15) is 13.2 Å². The van der Waals surface area contributed by atoms with Crippen LogP contribution in [0.3, 0.4) is 0 Å². The number of aromatic nitrogens is 1. The summed E-state index contributed by atoms with van der Waals surface area (Å²) in [5.74, 6) is -0.0498. The van der Waals surface area contributed by atoms with Crippen LogP contribution in [0.25, 0.3) is 0 Å². The fourth-order valence-electron chi connectivity index (χ4n) is 4.26. The number of halogens is 1. The Labute approximate surface area is 186 Å². The second kappa shape index (κ2) is 8.20. The highest BCUT2D eigenvalue weighted by molar-refractivity contribution is 7.86. The first-order valence-electron chi connectivity index (χ1n) is 9.96. The van der Waals surface area contributed by atoms with Crippen molar-refractivity contribution in [3.8, 4) is 0 Å². The lowest BCUT2D eigenvalue weighted by atomic mass is 9.78. The highest BCUT2D eigenvalue weighted by atomic mass is 35.5. The number of fused-ring (bicyclic) bond motifs is 1. The third-order valence-corrected chi connectivity index (χ3v) is 9.13. The molecule has 1 aliphatic carbocycles. The summed E-state index contributed by atoms with van der Waals surface area (Å²) in [4.78, 5) is 18.8. The van der Waals surface area contributed by atoms with E-state index in [-0.39, 0.29) is 12.5 Å². The van der Waals surface area contributed by atoms with E-state index in [2.05, 4.69) is 10.3 Å². The standard InChI is InChI=1S/C20H25ClN4O3S2/c1-24(2)30(27,28)25-12-9-16-17(13-25)29-19(22-16)23-18(26)20(10-3-4-11-20)14-5-7-15(21)8-6-14/h5-8H,3-4,9-13H2,1-2H3,(H,22,23,26). The first-order valence-corrected chi connectivity index (χ1v) is 12.6. The van der Waals surface area contributed by atoms with Gasteiger partial charge in [-0.15, -0.1) is 11.3 Å². The number of benzene rings is 1. The van der Waals surface area contributed by atoms with Crippen LogP contribution in [0, 0.1) is 0 Å². The van der Waals surface area contributed by atoms with Gasteiger partial charge < -0.3 is 5.32 Å². The molecule has 10 heteroatoms. The van der Waals surface area contributed by atoms with E-state index in [1.807, 2.05) is 24.3 Å². The van der Waals surface area contributed by atoms with Crippen molar-refractivity contribution >= 4 is 44.2 Å². The Morgan fingerprint density at radius 3 is 2.53 bits per heavy atom. The summed E-state index contributed by atoms with van der Waals surface area (Å²) in [5, 5.41) is 4.21. The Morgan fingerprint density at radius 1 is 1.23 bits per heavy atom. The third kappa shape index (κ3) is 3.89. The van der Waals surface area contributed by atoms with Gasteiger partial charge in [-0.05, 0) is 30.5 Å². The van der Waals surface area contributed by atoms with Crippen LogP contribution in [0.1, 0.15) is 41.8 Å². The maximum Gasteiger partial charge on any atom is 0.281 e. The van der Waals surface area contributed by atoms with Crippen LogP contribution in [0.2, 0.25) is 5.02 Å². The van der Waals surface area contributed by atoms with E-state index < -0.39 is 15.6 Å². The zero-order chi connectivity index (χ0) is 21.5. The molecule has 1 amide bonds. The quantitative estimate of drug-likeness (QED) is 0.728. The lowest BCUT2D eigenvalue weighted by Gasteiger charge is -2.27. The molecule has 30 heavy (non-hydrogen) atoms. The Kier molecular flexibility index (Phi) is 5.93. The molecule has 1 saturated carbocycles. The number of hydrogen-bond donors (Lipinski definition) is 1. The van der Waals surface area contributed by atoms with Gasteiger partial charge in [0.05, 0.1) is 17.7 Å². The molecule has 162 valence electrons. The van der Waals surface area contributed by atoms with Crippen LogP contribution in [0.15, 0.2) is 24.3 Å². The van der Waals surface area contributed by atoms with Gasteiger partial charge in [-0.25, -0.2) is 4.98 Å². The van der Waals surface area contributed by atoms with E-state index >= 15 is 0 Å². The van der Waals surface area contributed by atoms with Gasteiger partial charge in [-0.3, -0.25) is 4.79 Å². The normalized spacial score (nSPS) is 19.1. The molecule has 1 fully saturated rings. The highest BCUT2D eigenvalue weighted by Gasteiger charge is 2.43. The van der Waals surface area contributed by atoms with Crippen molar-refractivity contribution in [3.05, 3.63) is 45.4 Å². The number of anilines is 1. The van der Waals surface area contributed by atoms with Crippen LogP contribution < -0.4 is 5.32 Å². The molecule has 0 atom stereocenters. The Balaban J connectivity index is 1.55. The average molecular weight is 469 g/mol. The van der Waals surface area contributed by atoms with Gasteiger partial charge in [0.25, 0.3) is 10.2 Å². The number of rotatable bonds is 5. The van der Waals surface area contributed by atoms with Crippen LogP contribution in [-0.2, 0) is 33.4 Å². The Morgan fingerprint density at radius 2 is 1.90 bits per heavy atom. The van der Waals surface area contributed by atoms with Crippen molar-refractivity contribution in [1.82, 2.24) is 13.6 Å². The smallest absolute Gasteiger partial charge is 0.281 e. The van der Waals surface area contributed by atoms with E-state index in [4.69, 9.17) is 11.6 Å². The minimum absolute atomic E-state index is 0.0498. The lowest BCUT2D eigenvalue weighted by molar-refractivity contribution is -0.121. The molecular weight excluding hydrogens is 444 g/mol. The molecule has 1 N–H and O–H groups in total. The first kappa shape index (κ1) is 21.7. The average Bonchev–Trinajstić information content (AvgIpc) is 3.35. The minimum atomic E-state index is -3.47. The molecule has 0 spiro atoms. The Bertz CT molecular complexity index is 1040. The Hall–Kier alpha value is -1.52. The van der Waals surface area contributed by atoms with Gasteiger partial charge in [-0.1, -0.05) is 36.6 Å². The van der Waals surface area contributed by atoms with E-state index in [0.717, 1.165) is 41.8 Å². The van der Waals surface area contributed by atoms with E-state index in [1.165, 1.54) is 34.0 Å². The number of carbonyl (C=O) groups excluding carboxylic acids is 1. The number of carbonyl (C=O) groups is 1. The first-order chi connectivity index (χ1) is 14.2. The molecule has 0 bridgehead atoms. The molecular formula is C20H25ClN4O3S2. The van der Waals surface area contributed by atoms with Gasteiger partial charge >= 0.3 is 0 Å². The molecule has 7 nitrogen and oxygen atoms in total. The van der Waals surface area contributed by atoms with Gasteiger partial charge in [-0.2, -0.15) is 17.0 Å². The predicted octanol–water partition coefficient (Wildman–Crippen LogP) is 3.41. The van der Waals surface area contributed by atoms with E-state index in [0.29, 0.717) is 23.1 Å². The number of thiazole rings is 1. The fourth-order valence-corrected chi connectivity index (χ4v) is 6.57. The highest BCUT2D eigenvalue weighted by Crippen LogP contribution is 2.43. The van der Waals surface area contributed by atoms with Crippen molar-refractivity contribution in [1.29, 1.82) is 0 Å². The van der Waals surface area contributed by atoms with Gasteiger partial charge in [0.2, 0.25) is 5.91 Å². The zero-order valence-corrected chi connectivity index (χ0v) is 19.4. The molecule has 2 aliphatic rings. The van der Waals surface area contributed by atoms with E-state index in [1.54, 1.807) is 0 Å². The summed E-state index contributed by atoms with van der Waals surface area (Å²) in [6.45, 7) is 0.672. The zero-order valence-electron chi connectivity index (χ0n) is 17.0. The minimum Gasteiger partial charge on any atom is -0.301 e. The van der Waals surface area contributed by atoms with Gasteiger partial charge in [0.15, 0.2) is 5.13 Å². The monoisotopic (exact) mass is 468 g/mol. The molecule has 1 aliphatic heterocycles. The molecule has 0 saturated heterocycles. The van der Waals surface area contributed by atoms with Gasteiger partial charge in [0.1, 0.15) is 0 Å². The van der Waals surface area contributed by atoms with Crippen molar-refractivity contribution in [3.63, 3.8) is 0 Å². The van der Waals surface area contributed by atoms with Crippen LogP contribution in [-0.4, -0.2) is 48.6 Å². The third-order valence-electron chi connectivity index (χ3n) is 5.99. The molecule has 4 rings (SSSR count). The summed E-state index contributed by atoms with van der Waals surface area (Å²) < 4.78 is 27.5. The van der Waals surface area contributed by atoms with Crippen molar-refractivity contribution < 1.29 is 13.2 Å². The summed E-state index contributed by atoms with van der Waals surface area (Å²) in [7, 11) is -0.414. The second-order valence-electron chi connectivity index (χ2n) is 8.01. The van der Waals surface area contributed by atoms with Crippen molar-refractivity contribution in [2.75, 3.05) is 26.0 Å². The van der Waals surface area contributed by atoms with Crippen molar-refractivity contribution in [2.24, 2.45) is 0 Å². The molecule has 1 aromatic carbocycles. The molecule has 2 heterocycles. The number of nitrogens with zero attached hydrogens (tertiary/aromatic N) is 3. The fraction of sp³-hybridized carbons (Fsp3) is 0.500. The molecule has 2 aromatic rings. The summed E-state index contributed by atoms with van der Waals surface area (Å²) in [6.07, 6.45) is 4.13. The van der Waals surface area contributed by atoms with Gasteiger partial charge in [0, 0.05) is 37.0 Å². The van der Waals surface area contributed by atoms with Crippen LogP contribution in [0.4, 0.5) is 5.13 Å². The number of hydrogen-bond acceptors (Lipinski definition) is 5. The lowest BCUT2D eigenvalue weighted by Crippen LogP contribution is -2.42. The predicted molar refractivity (Wildman–Crippen MR) is 119 cm³/mol. The van der Waals surface area contributed by atoms with Crippen LogP contribution in [0.5, 0.6) is 0 Å². The maximum absolute atomic E-state index is 13.4.